The maximum atomic E-state index is 11.9. The van der Waals surface area contributed by atoms with Gasteiger partial charge in [0.1, 0.15) is 5.52 Å². The molecule has 0 radical (unpaired) electrons. The average molecular weight is 518 g/mol. The SMILES string of the molecule is CCC1c2cccn2CCN1Cc1cc(C(CC(=O)O)c2ccc3c(nnn3C)c2C)ccc1C.O=CO. The summed E-state index contributed by atoms with van der Waals surface area (Å²) >= 11 is 0. The summed E-state index contributed by atoms with van der Waals surface area (Å²) in [6.45, 7) is 9.02. The van der Waals surface area contributed by atoms with Crippen LogP contribution in [0.1, 0.15) is 65.2 Å². The van der Waals surface area contributed by atoms with E-state index in [0.29, 0.717) is 6.04 Å². The minimum atomic E-state index is -0.807. The summed E-state index contributed by atoms with van der Waals surface area (Å²) in [5, 5.41) is 25.2. The van der Waals surface area contributed by atoms with E-state index in [1.165, 1.54) is 16.8 Å². The van der Waals surface area contributed by atoms with Crippen LogP contribution < -0.4 is 0 Å². The maximum absolute atomic E-state index is 11.9. The molecule has 200 valence electrons. The molecule has 4 aromatic rings. The van der Waals surface area contributed by atoms with E-state index >= 15 is 0 Å². The Balaban J connectivity index is 0.00000107. The summed E-state index contributed by atoms with van der Waals surface area (Å²) in [7, 11) is 1.87. The van der Waals surface area contributed by atoms with Crippen LogP contribution in [-0.2, 0) is 29.7 Å². The van der Waals surface area contributed by atoms with Gasteiger partial charge >= 0.3 is 5.97 Å². The number of fused-ring (bicyclic) bond motifs is 2. The standard InChI is InChI=1S/C28H33N5O2.CH2O2/c1-5-24-25-7-6-12-32(25)13-14-33(24)17-21-15-20(9-8-18(21)2)23(16-27(34)35)22-10-11-26-28(19(22)3)29-30-31(26)4;2-1-3/h6-12,15,23-24H,5,13-14,16-17H2,1-4H3,(H,34,35);1H,(H,2,3). The van der Waals surface area contributed by atoms with Crippen molar-refractivity contribution in [3.05, 3.63) is 82.2 Å². The second-order valence-corrected chi connectivity index (χ2v) is 9.82. The number of carbonyl (C=O) groups is 2. The molecule has 2 unspecified atom stereocenters. The highest BCUT2D eigenvalue weighted by Gasteiger charge is 2.27. The van der Waals surface area contributed by atoms with E-state index in [1.807, 2.05) is 26.1 Å². The zero-order valence-corrected chi connectivity index (χ0v) is 22.3. The Hall–Kier alpha value is -3.98. The molecular weight excluding hydrogens is 482 g/mol. The molecule has 2 atom stereocenters. The molecule has 0 bridgehead atoms. The smallest absolute Gasteiger partial charge is 0.304 e. The predicted octanol–water partition coefficient (Wildman–Crippen LogP) is 4.66. The van der Waals surface area contributed by atoms with Crippen molar-refractivity contribution < 1.29 is 19.8 Å². The summed E-state index contributed by atoms with van der Waals surface area (Å²) in [6, 6.07) is 15.3. The minimum absolute atomic E-state index is 0.0317. The van der Waals surface area contributed by atoms with Crippen molar-refractivity contribution in [3.8, 4) is 0 Å². The number of hydrogen-bond acceptors (Lipinski definition) is 5. The first-order chi connectivity index (χ1) is 18.3. The quantitative estimate of drug-likeness (QED) is 0.343. The van der Waals surface area contributed by atoms with Crippen LogP contribution in [0.25, 0.3) is 11.0 Å². The second-order valence-electron chi connectivity index (χ2n) is 9.82. The Morgan fingerprint density at radius 3 is 2.66 bits per heavy atom. The lowest BCUT2D eigenvalue weighted by molar-refractivity contribution is -0.137. The van der Waals surface area contributed by atoms with Crippen LogP contribution >= 0.6 is 0 Å². The molecule has 1 aliphatic rings. The lowest BCUT2D eigenvalue weighted by Crippen LogP contribution is -2.37. The number of nitrogens with zero attached hydrogens (tertiary/aromatic N) is 5. The lowest BCUT2D eigenvalue weighted by Gasteiger charge is -2.37. The van der Waals surface area contributed by atoms with E-state index in [1.54, 1.807) is 4.68 Å². The van der Waals surface area contributed by atoms with Crippen molar-refractivity contribution in [2.24, 2.45) is 7.05 Å². The Labute approximate surface area is 222 Å². The number of hydrogen-bond donors (Lipinski definition) is 2. The Kier molecular flexibility index (Phi) is 8.26. The predicted molar refractivity (Wildman–Crippen MR) is 145 cm³/mol. The van der Waals surface area contributed by atoms with E-state index in [0.717, 1.165) is 53.8 Å². The fourth-order valence-corrected chi connectivity index (χ4v) is 5.67. The van der Waals surface area contributed by atoms with Crippen molar-refractivity contribution in [1.82, 2.24) is 24.5 Å². The normalized spacial score (nSPS) is 15.9. The summed E-state index contributed by atoms with van der Waals surface area (Å²) in [4.78, 5) is 22.9. The molecule has 2 aromatic carbocycles. The highest BCUT2D eigenvalue weighted by Crippen LogP contribution is 2.35. The Morgan fingerprint density at radius 1 is 1.18 bits per heavy atom. The average Bonchev–Trinajstić information content (AvgIpc) is 3.52. The van der Waals surface area contributed by atoms with Gasteiger partial charge in [-0.05, 0) is 66.3 Å². The summed E-state index contributed by atoms with van der Waals surface area (Å²) in [5.41, 5.74) is 8.68. The molecule has 9 nitrogen and oxygen atoms in total. The van der Waals surface area contributed by atoms with Gasteiger partial charge in [-0.15, -0.1) is 5.10 Å². The third-order valence-corrected chi connectivity index (χ3v) is 7.64. The van der Waals surface area contributed by atoms with Gasteiger partial charge in [-0.1, -0.05) is 36.4 Å². The van der Waals surface area contributed by atoms with E-state index < -0.39 is 5.97 Å². The van der Waals surface area contributed by atoms with Crippen LogP contribution in [-0.4, -0.2) is 53.7 Å². The van der Waals surface area contributed by atoms with E-state index in [-0.39, 0.29) is 18.8 Å². The van der Waals surface area contributed by atoms with Crippen LogP contribution in [0.15, 0.2) is 48.7 Å². The number of aryl methyl sites for hydroxylation is 3. The van der Waals surface area contributed by atoms with Crippen molar-refractivity contribution >= 4 is 23.5 Å². The fourth-order valence-electron chi connectivity index (χ4n) is 5.67. The summed E-state index contributed by atoms with van der Waals surface area (Å²) in [5.74, 6) is -1.06. The molecule has 0 saturated carbocycles. The van der Waals surface area contributed by atoms with E-state index in [9.17, 15) is 9.90 Å². The molecule has 0 aliphatic carbocycles. The van der Waals surface area contributed by atoms with Crippen molar-refractivity contribution in [2.45, 2.75) is 58.7 Å². The van der Waals surface area contributed by atoms with Gasteiger partial charge < -0.3 is 14.8 Å². The van der Waals surface area contributed by atoms with Gasteiger partial charge in [0.25, 0.3) is 6.47 Å². The highest BCUT2D eigenvalue weighted by molar-refractivity contribution is 5.80. The monoisotopic (exact) mass is 517 g/mol. The first-order valence-corrected chi connectivity index (χ1v) is 12.9. The molecular formula is C29H35N5O4. The topological polar surface area (TPSA) is 113 Å². The molecule has 5 rings (SSSR count). The van der Waals surface area contributed by atoms with Crippen molar-refractivity contribution in [2.75, 3.05) is 6.54 Å². The van der Waals surface area contributed by atoms with Crippen LogP contribution in [0, 0.1) is 13.8 Å². The number of carboxylic acid groups (broad SMARTS) is 2. The highest BCUT2D eigenvalue weighted by atomic mass is 16.4. The van der Waals surface area contributed by atoms with E-state index in [2.05, 4.69) is 70.2 Å². The van der Waals surface area contributed by atoms with E-state index in [4.69, 9.17) is 9.90 Å². The second kappa shape index (κ2) is 11.6. The number of rotatable bonds is 7. The molecule has 3 heterocycles. The minimum Gasteiger partial charge on any atom is -0.483 e. The van der Waals surface area contributed by atoms with Crippen molar-refractivity contribution in [1.29, 1.82) is 0 Å². The number of carboxylic acids is 1. The summed E-state index contributed by atoms with van der Waals surface area (Å²) < 4.78 is 4.11. The van der Waals surface area contributed by atoms with Crippen LogP contribution in [0.4, 0.5) is 0 Å². The molecule has 1 aliphatic heterocycles. The third kappa shape index (κ3) is 5.33. The molecule has 0 amide bonds. The van der Waals surface area contributed by atoms with Crippen molar-refractivity contribution in [3.63, 3.8) is 0 Å². The fraction of sp³-hybridized carbons (Fsp3) is 0.379. The van der Waals surface area contributed by atoms with Gasteiger partial charge in [0.15, 0.2) is 0 Å². The third-order valence-electron chi connectivity index (χ3n) is 7.64. The molecule has 9 heteroatoms. The Morgan fingerprint density at radius 2 is 1.95 bits per heavy atom. The Bertz CT molecular complexity index is 1440. The lowest BCUT2D eigenvalue weighted by atomic mass is 9.84. The van der Waals surface area contributed by atoms with Gasteiger partial charge in [-0.3, -0.25) is 14.5 Å². The molecule has 0 spiro atoms. The van der Waals surface area contributed by atoms with Gasteiger partial charge in [0, 0.05) is 44.5 Å². The molecule has 0 saturated heterocycles. The first-order valence-electron chi connectivity index (χ1n) is 12.9. The molecule has 38 heavy (non-hydrogen) atoms. The molecule has 0 fully saturated rings. The van der Waals surface area contributed by atoms with Crippen LogP contribution in [0.2, 0.25) is 0 Å². The number of benzene rings is 2. The van der Waals surface area contributed by atoms with Gasteiger partial charge in [-0.2, -0.15) is 0 Å². The maximum Gasteiger partial charge on any atom is 0.304 e. The molecule has 2 aromatic heterocycles. The zero-order valence-electron chi connectivity index (χ0n) is 22.3. The van der Waals surface area contributed by atoms with Crippen LogP contribution in [0.3, 0.4) is 0 Å². The first kappa shape index (κ1) is 27.1. The van der Waals surface area contributed by atoms with Gasteiger partial charge in [0.05, 0.1) is 18.0 Å². The number of aliphatic carboxylic acids is 1. The largest absolute Gasteiger partial charge is 0.483 e. The summed E-state index contributed by atoms with van der Waals surface area (Å²) in [6.07, 6.45) is 3.26. The molecule has 2 N–H and O–H groups in total. The van der Waals surface area contributed by atoms with Crippen LogP contribution in [0.5, 0.6) is 0 Å². The van der Waals surface area contributed by atoms with Gasteiger partial charge in [0.2, 0.25) is 0 Å². The zero-order chi connectivity index (χ0) is 27.4. The number of aromatic nitrogens is 4. The van der Waals surface area contributed by atoms with Gasteiger partial charge in [-0.25, -0.2) is 4.68 Å².